The highest BCUT2D eigenvalue weighted by molar-refractivity contribution is 5.97. The second-order valence-electron chi connectivity index (χ2n) is 7.60. The van der Waals surface area contributed by atoms with Crippen LogP contribution in [0.15, 0.2) is 24.3 Å². The molecule has 126 valence electrons. The molecule has 0 aliphatic carbocycles. The van der Waals surface area contributed by atoms with Crippen LogP contribution in [-0.4, -0.2) is 42.0 Å². The number of ether oxygens (including phenoxy) is 1. The summed E-state index contributed by atoms with van der Waals surface area (Å²) < 4.78 is 5.45. The van der Waals surface area contributed by atoms with Gasteiger partial charge in [0.25, 0.3) is 5.91 Å². The van der Waals surface area contributed by atoms with Gasteiger partial charge in [-0.3, -0.25) is 9.59 Å². The van der Waals surface area contributed by atoms with Crippen LogP contribution in [0.3, 0.4) is 0 Å². The molecule has 0 atom stereocenters. The molecule has 0 spiro atoms. The van der Waals surface area contributed by atoms with Crippen molar-refractivity contribution in [3.63, 3.8) is 0 Å². The van der Waals surface area contributed by atoms with E-state index in [4.69, 9.17) is 4.74 Å². The Labute approximate surface area is 138 Å². The van der Waals surface area contributed by atoms with Crippen molar-refractivity contribution < 1.29 is 14.3 Å². The van der Waals surface area contributed by atoms with Crippen molar-refractivity contribution in [2.45, 2.75) is 40.2 Å². The molecule has 0 bridgehead atoms. The van der Waals surface area contributed by atoms with Gasteiger partial charge < -0.3 is 15.0 Å². The number of rotatable bonds is 2. The molecule has 1 aromatic carbocycles. The van der Waals surface area contributed by atoms with Crippen LogP contribution >= 0.6 is 0 Å². The Balaban J connectivity index is 2.10. The van der Waals surface area contributed by atoms with Gasteiger partial charge in [-0.15, -0.1) is 0 Å². The normalized spacial score (nSPS) is 17.7. The predicted molar refractivity (Wildman–Crippen MR) is 90.5 cm³/mol. The van der Waals surface area contributed by atoms with Gasteiger partial charge in [0.2, 0.25) is 5.91 Å². The average molecular weight is 318 g/mol. The molecule has 1 aliphatic heterocycles. The second-order valence-corrected chi connectivity index (χ2v) is 7.60. The van der Waals surface area contributed by atoms with Crippen LogP contribution in [0.4, 0.5) is 5.69 Å². The van der Waals surface area contributed by atoms with E-state index in [0.717, 1.165) is 0 Å². The van der Waals surface area contributed by atoms with E-state index in [2.05, 4.69) is 5.32 Å². The molecule has 1 aliphatic rings. The van der Waals surface area contributed by atoms with Crippen molar-refractivity contribution in [2.24, 2.45) is 5.41 Å². The van der Waals surface area contributed by atoms with E-state index in [0.29, 0.717) is 31.0 Å². The predicted octanol–water partition coefficient (Wildman–Crippen LogP) is 2.92. The van der Waals surface area contributed by atoms with Gasteiger partial charge in [-0.1, -0.05) is 20.8 Å². The molecule has 0 unspecified atom stereocenters. The Morgan fingerprint density at radius 2 is 1.78 bits per heavy atom. The van der Waals surface area contributed by atoms with Crippen molar-refractivity contribution >= 4 is 17.5 Å². The monoisotopic (exact) mass is 318 g/mol. The lowest BCUT2D eigenvalue weighted by Gasteiger charge is -2.42. The van der Waals surface area contributed by atoms with Gasteiger partial charge in [0, 0.05) is 23.2 Å². The van der Waals surface area contributed by atoms with Crippen LogP contribution in [0.25, 0.3) is 0 Å². The van der Waals surface area contributed by atoms with Crippen LogP contribution in [0, 0.1) is 5.41 Å². The Morgan fingerprint density at radius 1 is 1.17 bits per heavy atom. The largest absolute Gasteiger partial charge is 0.377 e. The quantitative estimate of drug-likeness (QED) is 0.912. The Kier molecular flexibility index (Phi) is 4.80. The number of carbonyl (C=O) groups excluding carboxylic acids is 2. The van der Waals surface area contributed by atoms with Gasteiger partial charge in [-0.2, -0.15) is 0 Å². The Morgan fingerprint density at radius 3 is 2.30 bits per heavy atom. The summed E-state index contributed by atoms with van der Waals surface area (Å²) in [4.78, 5) is 26.5. The maximum Gasteiger partial charge on any atom is 0.254 e. The molecule has 2 rings (SSSR count). The zero-order chi connectivity index (χ0) is 17.3. The highest BCUT2D eigenvalue weighted by Crippen LogP contribution is 2.23. The summed E-state index contributed by atoms with van der Waals surface area (Å²) in [6.45, 7) is 11.3. The fraction of sp³-hybridized carbons (Fsp3) is 0.556. The van der Waals surface area contributed by atoms with E-state index in [1.807, 2.05) is 39.5 Å². The maximum absolute atomic E-state index is 12.7. The molecule has 2 amide bonds. The topological polar surface area (TPSA) is 58.6 Å². The number of nitrogens with zero attached hydrogens (tertiary/aromatic N) is 1. The number of amides is 2. The summed E-state index contributed by atoms with van der Waals surface area (Å²) in [7, 11) is 0. The SMILES string of the molecule is CC(C)(C)C(=O)Nc1ccc(C(=O)N2CCOCC2(C)C)cc1. The highest BCUT2D eigenvalue weighted by atomic mass is 16.5. The fourth-order valence-electron chi connectivity index (χ4n) is 2.41. The number of hydrogen-bond donors (Lipinski definition) is 1. The summed E-state index contributed by atoms with van der Waals surface area (Å²) >= 11 is 0. The first-order chi connectivity index (χ1) is 10.6. The van der Waals surface area contributed by atoms with Crippen LogP contribution in [-0.2, 0) is 9.53 Å². The molecule has 1 aromatic rings. The van der Waals surface area contributed by atoms with Crippen molar-refractivity contribution in [3.05, 3.63) is 29.8 Å². The van der Waals surface area contributed by atoms with Crippen LogP contribution < -0.4 is 5.32 Å². The first-order valence-electron chi connectivity index (χ1n) is 7.92. The molecule has 0 saturated carbocycles. The molecule has 5 heteroatoms. The van der Waals surface area contributed by atoms with Crippen LogP contribution in [0.1, 0.15) is 45.0 Å². The van der Waals surface area contributed by atoms with Crippen molar-refractivity contribution in [2.75, 3.05) is 25.1 Å². The molecule has 1 N–H and O–H groups in total. The summed E-state index contributed by atoms with van der Waals surface area (Å²) in [5, 5.41) is 2.86. The smallest absolute Gasteiger partial charge is 0.254 e. The number of morpholine rings is 1. The lowest BCUT2D eigenvalue weighted by atomic mass is 9.95. The molecule has 5 nitrogen and oxygen atoms in total. The van der Waals surface area contributed by atoms with E-state index < -0.39 is 5.41 Å². The van der Waals surface area contributed by atoms with Gasteiger partial charge in [0.15, 0.2) is 0 Å². The molecule has 1 fully saturated rings. The zero-order valence-electron chi connectivity index (χ0n) is 14.6. The van der Waals surface area contributed by atoms with Gasteiger partial charge in [0.1, 0.15) is 0 Å². The zero-order valence-corrected chi connectivity index (χ0v) is 14.6. The average Bonchev–Trinajstić information content (AvgIpc) is 2.46. The lowest BCUT2D eigenvalue weighted by Crippen LogP contribution is -2.55. The first-order valence-corrected chi connectivity index (χ1v) is 7.92. The van der Waals surface area contributed by atoms with E-state index in [1.165, 1.54) is 0 Å². The van der Waals surface area contributed by atoms with E-state index in [1.54, 1.807) is 24.3 Å². The summed E-state index contributed by atoms with van der Waals surface area (Å²) in [5.74, 6) is -0.0575. The molecule has 1 saturated heterocycles. The third-order valence-corrected chi connectivity index (χ3v) is 3.96. The standard InChI is InChI=1S/C18H26N2O3/c1-17(2,3)16(22)19-14-8-6-13(7-9-14)15(21)20-10-11-23-12-18(20,4)5/h6-9H,10-12H2,1-5H3,(H,19,22). The van der Waals surface area contributed by atoms with Crippen LogP contribution in [0.5, 0.6) is 0 Å². The number of benzene rings is 1. The van der Waals surface area contributed by atoms with Gasteiger partial charge >= 0.3 is 0 Å². The van der Waals surface area contributed by atoms with E-state index in [-0.39, 0.29) is 17.4 Å². The minimum atomic E-state index is -0.452. The molecule has 23 heavy (non-hydrogen) atoms. The van der Waals surface area contributed by atoms with Gasteiger partial charge in [-0.05, 0) is 38.1 Å². The second kappa shape index (κ2) is 6.32. The van der Waals surface area contributed by atoms with Crippen LogP contribution in [0.2, 0.25) is 0 Å². The molecule has 0 aromatic heterocycles. The van der Waals surface area contributed by atoms with Gasteiger partial charge in [-0.25, -0.2) is 0 Å². The third-order valence-electron chi connectivity index (χ3n) is 3.96. The molecule has 1 heterocycles. The molecular weight excluding hydrogens is 292 g/mol. The van der Waals surface area contributed by atoms with Crippen molar-refractivity contribution in [1.82, 2.24) is 4.90 Å². The summed E-state index contributed by atoms with van der Waals surface area (Å²) in [6, 6.07) is 7.05. The Bertz CT molecular complexity index is 585. The fourth-order valence-corrected chi connectivity index (χ4v) is 2.41. The number of nitrogens with one attached hydrogen (secondary N) is 1. The van der Waals surface area contributed by atoms with E-state index >= 15 is 0 Å². The first kappa shape index (κ1) is 17.5. The molecule has 0 radical (unpaired) electrons. The summed E-state index contributed by atoms with van der Waals surface area (Å²) in [6.07, 6.45) is 0. The third kappa shape index (κ3) is 4.10. The highest BCUT2D eigenvalue weighted by Gasteiger charge is 2.34. The number of carbonyl (C=O) groups is 2. The van der Waals surface area contributed by atoms with Crippen molar-refractivity contribution in [1.29, 1.82) is 0 Å². The maximum atomic E-state index is 12.7. The summed E-state index contributed by atoms with van der Waals surface area (Å²) in [5.41, 5.74) is 0.553. The van der Waals surface area contributed by atoms with Crippen molar-refractivity contribution in [3.8, 4) is 0 Å². The Hall–Kier alpha value is -1.88. The number of hydrogen-bond acceptors (Lipinski definition) is 3. The number of anilines is 1. The van der Waals surface area contributed by atoms with Gasteiger partial charge in [0.05, 0.1) is 18.8 Å². The molecular formula is C18H26N2O3. The minimum absolute atomic E-state index is 0.00741. The van der Waals surface area contributed by atoms with E-state index in [9.17, 15) is 9.59 Å². The minimum Gasteiger partial charge on any atom is -0.377 e. The lowest BCUT2D eigenvalue weighted by molar-refractivity contribution is -0.123.